The van der Waals surface area contributed by atoms with Crippen molar-refractivity contribution in [1.29, 1.82) is 0 Å². The molecule has 6 heteroatoms. The van der Waals surface area contributed by atoms with Gasteiger partial charge in [-0.1, -0.05) is 30.8 Å². The van der Waals surface area contributed by atoms with Gasteiger partial charge in [0.15, 0.2) is 5.17 Å². The maximum absolute atomic E-state index is 11.2. The average molecular weight is 332 g/mol. The lowest BCUT2D eigenvalue weighted by atomic mass is 10.1. The third kappa shape index (κ3) is 4.48. The summed E-state index contributed by atoms with van der Waals surface area (Å²) in [6.45, 7) is 9.86. The number of carbonyl (C=O) groups is 1. The van der Waals surface area contributed by atoms with Crippen molar-refractivity contribution in [2.75, 3.05) is 38.0 Å². The smallest absolute Gasteiger partial charge is 0.221 e. The van der Waals surface area contributed by atoms with Gasteiger partial charge in [0.1, 0.15) is 0 Å². The Labute approximate surface area is 142 Å². The van der Waals surface area contributed by atoms with Gasteiger partial charge in [0.25, 0.3) is 0 Å². The second-order valence-corrected chi connectivity index (χ2v) is 7.60. The van der Waals surface area contributed by atoms with Crippen LogP contribution >= 0.6 is 11.8 Å². The van der Waals surface area contributed by atoms with Gasteiger partial charge in [-0.2, -0.15) is 0 Å². The van der Waals surface area contributed by atoms with Crippen molar-refractivity contribution in [3.8, 4) is 0 Å². The molecule has 1 unspecified atom stereocenters. The first-order valence-electron chi connectivity index (χ1n) is 8.15. The van der Waals surface area contributed by atoms with Gasteiger partial charge < -0.3 is 10.2 Å². The number of hydrogen-bond acceptors (Lipinski definition) is 5. The van der Waals surface area contributed by atoms with Gasteiger partial charge in [0, 0.05) is 50.6 Å². The van der Waals surface area contributed by atoms with E-state index >= 15 is 0 Å². The Kier molecular flexibility index (Phi) is 5.23. The number of nitrogens with one attached hydrogen (secondary N) is 1. The molecule has 2 aliphatic rings. The van der Waals surface area contributed by atoms with Crippen LogP contribution in [0.4, 0.5) is 5.69 Å². The van der Waals surface area contributed by atoms with E-state index in [2.05, 4.69) is 39.2 Å². The first-order valence-corrected chi connectivity index (χ1v) is 9.03. The van der Waals surface area contributed by atoms with Crippen LogP contribution in [0.5, 0.6) is 0 Å². The quantitative estimate of drug-likeness (QED) is 0.922. The number of amidine groups is 1. The minimum Gasteiger partial charge on any atom is -0.349 e. The predicted molar refractivity (Wildman–Crippen MR) is 97.0 cm³/mol. The van der Waals surface area contributed by atoms with Crippen LogP contribution < -0.4 is 5.32 Å². The van der Waals surface area contributed by atoms with Crippen LogP contribution in [0.25, 0.3) is 0 Å². The van der Waals surface area contributed by atoms with Crippen LogP contribution in [-0.4, -0.2) is 58.8 Å². The topological polar surface area (TPSA) is 47.9 Å². The maximum Gasteiger partial charge on any atom is 0.221 e. The zero-order chi connectivity index (χ0) is 16.2. The molecule has 1 atom stereocenters. The summed E-state index contributed by atoms with van der Waals surface area (Å²) in [5.74, 6) is -0.0279. The Bertz CT molecular complexity index is 596. The number of anilines is 1. The zero-order valence-electron chi connectivity index (χ0n) is 13.8. The van der Waals surface area contributed by atoms with Crippen LogP contribution in [0, 0.1) is 0 Å². The maximum atomic E-state index is 11.2. The monoisotopic (exact) mass is 332 g/mol. The first-order chi connectivity index (χ1) is 11.1. The van der Waals surface area contributed by atoms with Gasteiger partial charge in [-0.05, 0) is 17.7 Å². The Balaban J connectivity index is 1.52. The lowest BCUT2D eigenvalue weighted by Crippen LogP contribution is -2.47. The highest BCUT2D eigenvalue weighted by Crippen LogP contribution is 2.24. The van der Waals surface area contributed by atoms with Crippen LogP contribution in [0.2, 0.25) is 0 Å². The third-order valence-electron chi connectivity index (χ3n) is 4.09. The summed E-state index contributed by atoms with van der Waals surface area (Å²) in [7, 11) is 0. The molecule has 1 amide bonds. The minimum absolute atomic E-state index is 0.0279. The number of rotatable bonds is 3. The van der Waals surface area contributed by atoms with Crippen LogP contribution in [-0.2, 0) is 11.3 Å². The fraction of sp³-hybridized carbons (Fsp3) is 0.529. The molecular weight excluding hydrogens is 308 g/mol. The van der Waals surface area contributed by atoms with Crippen molar-refractivity contribution in [3.63, 3.8) is 0 Å². The van der Waals surface area contributed by atoms with Crippen molar-refractivity contribution in [2.24, 2.45) is 4.99 Å². The number of thioether (sulfide) groups is 1. The summed E-state index contributed by atoms with van der Waals surface area (Å²) in [4.78, 5) is 20.7. The SMILES string of the molecule is CC(=O)Nc1cccc(CN2CCN(C3=NCC(C)S3)CC2)c1. The van der Waals surface area contributed by atoms with E-state index in [1.165, 1.54) is 17.7 Å². The van der Waals surface area contributed by atoms with E-state index in [-0.39, 0.29) is 5.91 Å². The van der Waals surface area contributed by atoms with E-state index in [4.69, 9.17) is 0 Å². The predicted octanol–water partition coefficient (Wildman–Crippen LogP) is 2.25. The molecule has 2 aliphatic heterocycles. The van der Waals surface area contributed by atoms with Gasteiger partial charge in [0.2, 0.25) is 5.91 Å². The fourth-order valence-corrected chi connectivity index (χ4v) is 3.93. The molecule has 1 N–H and O–H groups in total. The molecule has 0 bridgehead atoms. The van der Waals surface area contributed by atoms with E-state index in [9.17, 15) is 4.79 Å². The Morgan fingerprint density at radius 3 is 2.78 bits per heavy atom. The standard InChI is InChI=1S/C17H24N4OS/c1-13-11-18-17(23-13)21-8-6-20(7-9-21)12-15-4-3-5-16(10-15)19-14(2)22/h3-5,10,13H,6-9,11-12H2,1-2H3,(H,19,22). The molecule has 0 saturated carbocycles. The van der Waals surface area contributed by atoms with Crippen molar-refractivity contribution < 1.29 is 4.79 Å². The molecule has 2 heterocycles. The van der Waals surface area contributed by atoms with E-state index in [0.29, 0.717) is 5.25 Å². The molecule has 1 aromatic rings. The van der Waals surface area contributed by atoms with Crippen molar-refractivity contribution in [3.05, 3.63) is 29.8 Å². The molecular formula is C17H24N4OS. The van der Waals surface area contributed by atoms with E-state index in [1.54, 1.807) is 0 Å². The second kappa shape index (κ2) is 7.36. The summed E-state index contributed by atoms with van der Waals surface area (Å²) < 4.78 is 0. The summed E-state index contributed by atoms with van der Waals surface area (Å²) in [5, 5.41) is 4.70. The number of amides is 1. The molecule has 124 valence electrons. The normalized spacial score (nSPS) is 22.1. The number of piperazine rings is 1. The van der Waals surface area contributed by atoms with Crippen molar-refractivity contribution in [2.45, 2.75) is 25.6 Å². The molecule has 3 rings (SSSR count). The summed E-state index contributed by atoms with van der Waals surface area (Å²) in [6, 6.07) is 8.12. The largest absolute Gasteiger partial charge is 0.349 e. The molecule has 0 spiro atoms. The fourth-order valence-electron chi connectivity index (χ4n) is 2.94. The number of aliphatic imine (C=N–C) groups is 1. The van der Waals surface area contributed by atoms with Crippen LogP contribution in [0.3, 0.4) is 0 Å². The first kappa shape index (κ1) is 16.3. The Hall–Kier alpha value is -1.53. The van der Waals surface area contributed by atoms with Crippen LogP contribution in [0.1, 0.15) is 19.4 Å². The van der Waals surface area contributed by atoms with Crippen molar-refractivity contribution >= 4 is 28.5 Å². The van der Waals surface area contributed by atoms with Crippen LogP contribution in [0.15, 0.2) is 29.3 Å². The van der Waals surface area contributed by atoms with Gasteiger partial charge in [-0.3, -0.25) is 14.7 Å². The molecule has 1 aromatic carbocycles. The molecule has 0 radical (unpaired) electrons. The summed E-state index contributed by atoms with van der Waals surface area (Å²) in [5.41, 5.74) is 2.12. The molecule has 1 saturated heterocycles. The molecule has 0 aliphatic carbocycles. The number of carbonyl (C=O) groups excluding carboxylic acids is 1. The summed E-state index contributed by atoms with van der Waals surface area (Å²) >= 11 is 1.90. The lowest BCUT2D eigenvalue weighted by Gasteiger charge is -2.35. The van der Waals surface area contributed by atoms with E-state index in [1.807, 2.05) is 23.9 Å². The van der Waals surface area contributed by atoms with Crippen molar-refractivity contribution in [1.82, 2.24) is 9.80 Å². The van der Waals surface area contributed by atoms with Gasteiger partial charge in [-0.25, -0.2) is 0 Å². The third-order valence-corrected chi connectivity index (χ3v) is 5.24. The van der Waals surface area contributed by atoms with E-state index in [0.717, 1.165) is 45.0 Å². The number of hydrogen-bond donors (Lipinski definition) is 1. The Morgan fingerprint density at radius 2 is 2.13 bits per heavy atom. The Morgan fingerprint density at radius 1 is 1.35 bits per heavy atom. The highest BCUT2D eigenvalue weighted by atomic mass is 32.2. The number of benzene rings is 1. The number of nitrogens with zero attached hydrogens (tertiary/aromatic N) is 3. The minimum atomic E-state index is -0.0279. The van der Waals surface area contributed by atoms with Gasteiger partial charge >= 0.3 is 0 Å². The summed E-state index contributed by atoms with van der Waals surface area (Å²) in [6.07, 6.45) is 0. The lowest BCUT2D eigenvalue weighted by molar-refractivity contribution is -0.114. The highest BCUT2D eigenvalue weighted by Gasteiger charge is 2.24. The van der Waals surface area contributed by atoms with Gasteiger partial charge in [0.05, 0.1) is 6.54 Å². The zero-order valence-corrected chi connectivity index (χ0v) is 14.6. The highest BCUT2D eigenvalue weighted by molar-refractivity contribution is 8.14. The van der Waals surface area contributed by atoms with E-state index < -0.39 is 0 Å². The average Bonchev–Trinajstić information content (AvgIpc) is 2.94. The molecule has 1 fully saturated rings. The molecule has 0 aromatic heterocycles. The van der Waals surface area contributed by atoms with Gasteiger partial charge in [-0.15, -0.1) is 0 Å². The molecule has 5 nitrogen and oxygen atoms in total. The molecule has 23 heavy (non-hydrogen) atoms. The second-order valence-electron chi connectivity index (χ2n) is 6.20.